The standard InChI is InChI=1S/C11H15N3S/c1-9(2)14-8-12-5-11(14)6-13-10-3-4-15-7-10/h3-5,7-9,13H,6H2,1-2H3. The molecule has 4 heteroatoms. The minimum absolute atomic E-state index is 0.465. The Kier molecular flexibility index (Phi) is 3.06. The molecule has 0 aliphatic carbocycles. The third-order valence-corrected chi connectivity index (χ3v) is 2.98. The van der Waals surface area contributed by atoms with Crippen LogP contribution in [0.4, 0.5) is 5.69 Å². The molecule has 0 saturated carbocycles. The molecule has 2 rings (SSSR count). The summed E-state index contributed by atoms with van der Waals surface area (Å²) in [4.78, 5) is 4.17. The van der Waals surface area contributed by atoms with E-state index in [4.69, 9.17) is 0 Å². The molecule has 0 aliphatic heterocycles. The van der Waals surface area contributed by atoms with E-state index in [1.807, 2.05) is 12.5 Å². The highest BCUT2D eigenvalue weighted by Gasteiger charge is 2.04. The first-order valence-corrected chi connectivity index (χ1v) is 5.98. The zero-order valence-electron chi connectivity index (χ0n) is 8.97. The lowest BCUT2D eigenvalue weighted by atomic mass is 10.3. The summed E-state index contributed by atoms with van der Waals surface area (Å²) >= 11 is 1.70. The van der Waals surface area contributed by atoms with Crippen LogP contribution in [0.5, 0.6) is 0 Å². The molecule has 0 saturated heterocycles. The van der Waals surface area contributed by atoms with E-state index in [1.54, 1.807) is 11.3 Å². The Balaban J connectivity index is 2.02. The molecule has 0 aliphatic rings. The van der Waals surface area contributed by atoms with E-state index in [9.17, 15) is 0 Å². The van der Waals surface area contributed by atoms with Crippen molar-refractivity contribution >= 4 is 17.0 Å². The number of anilines is 1. The van der Waals surface area contributed by atoms with Crippen molar-refractivity contribution in [3.05, 3.63) is 35.0 Å². The average Bonchev–Trinajstić information content (AvgIpc) is 2.86. The number of hydrogen-bond donors (Lipinski definition) is 1. The van der Waals surface area contributed by atoms with Gasteiger partial charge in [0, 0.05) is 23.3 Å². The fourth-order valence-corrected chi connectivity index (χ4v) is 2.10. The van der Waals surface area contributed by atoms with Crippen LogP contribution in [0.25, 0.3) is 0 Å². The minimum Gasteiger partial charge on any atom is -0.379 e. The molecular formula is C11H15N3S. The van der Waals surface area contributed by atoms with E-state index in [-0.39, 0.29) is 0 Å². The maximum Gasteiger partial charge on any atom is 0.0951 e. The Bertz CT molecular complexity index is 403. The lowest BCUT2D eigenvalue weighted by molar-refractivity contribution is 0.577. The molecule has 2 heterocycles. The molecular weight excluding hydrogens is 206 g/mol. The zero-order chi connectivity index (χ0) is 10.7. The second kappa shape index (κ2) is 4.49. The van der Waals surface area contributed by atoms with Crippen molar-refractivity contribution in [2.45, 2.75) is 26.4 Å². The van der Waals surface area contributed by atoms with Crippen LogP contribution in [0, 0.1) is 0 Å². The first-order chi connectivity index (χ1) is 7.27. The van der Waals surface area contributed by atoms with Gasteiger partial charge in [0.05, 0.1) is 18.6 Å². The number of thiophene rings is 1. The second-order valence-corrected chi connectivity index (χ2v) is 4.53. The molecule has 0 fully saturated rings. The van der Waals surface area contributed by atoms with Gasteiger partial charge in [-0.1, -0.05) is 0 Å². The smallest absolute Gasteiger partial charge is 0.0951 e. The molecule has 0 spiro atoms. The topological polar surface area (TPSA) is 29.9 Å². The van der Waals surface area contributed by atoms with Crippen LogP contribution in [0.1, 0.15) is 25.6 Å². The van der Waals surface area contributed by atoms with Crippen molar-refractivity contribution in [1.29, 1.82) is 0 Å². The first kappa shape index (κ1) is 10.2. The predicted octanol–water partition coefficient (Wildman–Crippen LogP) is 3.14. The monoisotopic (exact) mass is 221 g/mol. The number of rotatable bonds is 4. The van der Waals surface area contributed by atoms with Crippen molar-refractivity contribution in [2.75, 3.05) is 5.32 Å². The number of nitrogens with one attached hydrogen (secondary N) is 1. The molecule has 15 heavy (non-hydrogen) atoms. The van der Waals surface area contributed by atoms with Crippen LogP contribution in [0.15, 0.2) is 29.4 Å². The SMILES string of the molecule is CC(C)n1cncc1CNc1ccsc1. The normalized spacial score (nSPS) is 10.9. The van der Waals surface area contributed by atoms with Gasteiger partial charge in [0.15, 0.2) is 0 Å². The second-order valence-electron chi connectivity index (χ2n) is 3.75. The van der Waals surface area contributed by atoms with Crippen molar-refractivity contribution in [3.8, 4) is 0 Å². The Morgan fingerprint density at radius 2 is 2.40 bits per heavy atom. The highest BCUT2D eigenvalue weighted by atomic mass is 32.1. The summed E-state index contributed by atoms with van der Waals surface area (Å²) in [7, 11) is 0. The summed E-state index contributed by atoms with van der Waals surface area (Å²) < 4.78 is 2.18. The number of nitrogens with zero attached hydrogens (tertiary/aromatic N) is 2. The molecule has 2 aromatic rings. The Labute approximate surface area is 93.8 Å². The Morgan fingerprint density at radius 1 is 1.53 bits per heavy atom. The van der Waals surface area contributed by atoms with E-state index in [0.717, 1.165) is 6.54 Å². The van der Waals surface area contributed by atoms with Gasteiger partial charge in [-0.15, -0.1) is 0 Å². The van der Waals surface area contributed by atoms with E-state index in [1.165, 1.54) is 11.4 Å². The molecule has 0 bridgehead atoms. The fraction of sp³-hybridized carbons (Fsp3) is 0.364. The summed E-state index contributed by atoms with van der Waals surface area (Å²) in [5, 5.41) is 7.55. The van der Waals surface area contributed by atoms with E-state index in [2.05, 4.69) is 45.5 Å². The highest BCUT2D eigenvalue weighted by molar-refractivity contribution is 7.08. The van der Waals surface area contributed by atoms with Crippen molar-refractivity contribution < 1.29 is 0 Å². The predicted molar refractivity (Wildman–Crippen MR) is 64.3 cm³/mol. The molecule has 0 amide bonds. The molecule has 0 unspecified atom stereocenters. The maximum absolute atomic E-state index is 4.17. The summed E-state index contributed by atoms with van der Waals surface area (Å²) in [6, 6.07) is 2.55. The van der Waals surface area contributed by atoms with Crippen LogP contribution >= 0.6 is 11.3 Å². The first-order valence-electron chi connectivity index (χ1n) is 5.04. The average molecular weight is 221 g/mol. The van der Waals surface area contributed by atoms with Gasteiger partial charge in [0.2, 0.25) is 0 Å². The third kappa shape index (κ3) is 2.39. The van der Waals surface area contributed by atoms with Gasteiger partial charge in [-0.2, -0.15) is 11.3 Å². The van der Waals surface area contributed by atoms with E-state index < -0.39 is 0 Å². The van der Waals surface area contributed by atoms with Gasteiger partial charge < -0.3 is 9.88 Å². The largest absolute Gasteiger partial charge is 0.379 e. The number of aromatic nitrogens is 2. The van der Waals surface area contributed by atoms with Crippen LogP contribution in [0.3, 0.4) is 0 Å². The van der Waals surface area contributed by atoms with Gasteiger partial charge in [-0.25, -0.2) is 4.98 Å². The van der Waals surface area contributed by atoms with Crippen molar-refractivity contribution in [1.82, 2.24) is 9.55 Å². The van der Waals surface area contributed by atoms with Crippen molar-refractivity contribution in [3.63, 3.8) is 0 Å². The van der Waals surface area contributed by atoms with Crippen LogP contribution in [0.2, 0.25) is 0 Å². The number of hydrogen-bond acceptors (Lipinski definition) is 3. The molecule has 2 aromatic heterocycles. The lowest BCUT2D eigenvalue weighted by Gasteiger charge is -2.12. The van der Waals surface area contributed by atoms with E-state index >= 15 is 0 Å². The minimum atomic E-state index is 0.465. The third-order valence-electron chi connectivity index (χ3n) is 2.30. The number of imidazole rings is 1. The van der Waals surface area contributed by atoms with Crippen molar-refractivity contribution in [2.24, 2.45) is 0 Å². The zero-order valence-corrected chi connectivity index (χ0v) is 9.79. The van der Waals surface area contributed by atoms with Gasteiger partial charge in [-0.3, -0.25) is 0 Å². The molecule has 3 nitrogen and oxygen atoms in total. The highest BCUT2D eigenvalue weighted by Crippen LogP contribution is 2.14. The summed E-state index contributed by atoms with van der Waals surface area (Å²) in [6.07, 6.45) is 3.80. The van der Waals surface area contributed by atoms with Gasteiger partial charge in [0.25, 0.3) is 0 Å². The summed E-state index contributed by atoms with van der Waals surface area (Å²) in [5.74, 6) is 0. The van der Waals surface area contributed by atoms with Crippen LogP contribution < -0.4 is 5.32 Å². The molecule has 1 N–H and O–H groups in total. The maximum atomic E-state index is 4.17. The van der Waals surface area contributed by atoms with E-state index in [0.29, 0.717) is 6.04 Å². The van der Waals surface area contributed by atoms with Gasteiger partial charge in [0.1, 0.15) is 0 Å². The molecule has 80 valence electrons. The van der Waals surface area contributed by atoms with Gasteiger partial charge >= 0.3 is 0 Å². The fourth-order valence-electron chi connectivity index (χ4n) is 1.49. The molecule has 0 radical (unpaired) electrons. The molecule has 0 atom stereocenters. The lowest BCUT2D eigenvalue weighted by Crippen LogP contribution is -2.08. The van der Waals surface area contributed by atoms with Crippen LogP contribution in [-0.2, 0) is 6.54 Å². The quantitative estimate of drug-likeness (QED) is 0.859. The Hall–Kier alpha value is -1.29. The van der Waals surface area contributed by atoms with Crippen LogP contribution in [-0.4, -0.2) is 9.55 Å². The summed E-state index contributed by atoms with van der Waals surface area (Å²) in [5.41, 5.74) is 2.40. The Morgan fingerprint density at radius 3 is 3.07 bits per heavy atom. The molecule has 0 aromatic carbocycles. The van der Waals surface area contributed by atoms with Gasteiger partial charge in [-0.05, 0) is 25.3 Å². The summed E-state index contributed by atoms with van der Waals surface area (Å²) in [6.45, 7) is 5.15.